The van der Waals surface area contributed by atoms with E-state index in [4.69, 9.17) is 23.2 Å². The van der Waals surface area contributed by atoms with E-state index in [1.165, 1.54) is 17.8 Å². The summed E-state index contributed by atoms with van der Waals surface area (Å²) in [6, 6.07) is 4.22. The average molecular weight is 349 g/mol. The highest BCUT2D eigenvalue weighted by Gasteiger charge is 2.16. The van der Waals surface area contributed by atoms with E-state index in [0.717, 1.165) is 19.7 Å². The number of nitrogens with zero attached hydrogens (tertiary/aromatic N) is 1. The summed E-state index contributed by atoms with van der Waals surface area (Å²) in [5.74, 6) is 0. The van der Waals surface area contributed by atoms with Crippen LogP contribution < -0.4 is 10.9 Å². The molecule has 2 rings (SSSR count). The van der Waals surface area contributed by atoms with Gasteiger partial charge in [0.2, 0.25) is 0 Å². The summed E-state index contributed by atoms with van der Waals surface area (Å²) in [6.45, 7) is 1.70. The number of thioether (sulfide) groups is 1. The topological polar surface area (TPSA) is 51.1 Å². The summed E-state index contributed by atoms with van der Waals surface area (Å²) in [5, 5.41) is 3.35. The third-order valence-corrected chi connectivity index (χ3v) is 5.65. The van der Waals surface area contributed by atoms with Crippen molar-refractivity contribution in [1.29, 1.82) is 0 Å². The average Bonchev–Trinajstić information content (AvgIpc) is 2.70. The van der Waals surface area contributed by atoms with E-state index in [1.807, 2.05) is 6.26 Å². The van der Waals surface area contributed by atoms with Gasteiger partial charge in [0.05, 0.1) is 14.3 Å². The highest BCUT2D eigenvalue weighted by atomic mass is 35.5. The summed E-state index contributed by atoms with van der Waals surface area (Å²) in [7, 11) is 0. The lowest BCUT2D eigenvalue weighted by molar-refractivity contribution is 0.254. The Balaban J connectivity index is 2.28. The van der Waals surface area contributed by atoms with Crippen LogP contribution in [0.3, 0.4) is 0 Å². The zero-order chi connectivity index (χ0) is 14.9. The van der Waals surface area contributed by atoms with E-state index in [9.17, 15) is 9.59 Å². The van der Waals surface area contributed by atoms with Gasteiger partial charge < -0.3 is 5.32 Å². The van der Waals surface area contributed by atoms with Crippen molar-refractivity contribution in [2.45, 2.75) is 11.1 Å². The first kappa shape index (κ1) is 15.4. The van der Waals surface area contributed by atoms with Gasteiger partial charge in [-0.15, -0.1) is 11.8 Å². The Morgan fingerprint density at radius 2 is 2.05 bits per heavy atom. The maximum Gasteiger partial charge on any atom is 0.342 e. The molecule has 8 heteroatoms. The van der Waals surface area contributed by atoms with Gasteiger partial charge >= 0.3 is 6.03 Å². The molecule has 0 unspecified atom stereocenters. The molecule has 0 spiro atoms. The first-order valence-electron chi connectivity index (χ1n) is 5.47. The maximum absolute atomic E-state index is 12.1. The zero-order valence-electron chi connectivity index (χ0n) is 10.6. The molecule has 1 aromatic carbocycles. The van der Waals surface area contributed by atoms with Crippen molar-refractivity contribution in [3.8, 4) is 0 Å². The summed E-state index contributed by atoms with van der Waals surface area (Å²) in [4.78, 5) is 24.0. The van der Waals surface area contributed by atoms with E-state index in [2.05, 4.69) is 5.32 Å². The van der Waals surface area contributed by atoms with Crippen LogP contribution in [-0.2, 0) is 0 Å². The number of anilines is 1. The van der Waals surface area contributed by atoms with E-state index in [0.29, 0.717) is 21.3 Å². The molecule has 0 atom stereocenters. The molecule has 0 saturated heterocycles. The van der Waals surface area contributed by atoms with Crippen LogP contribution in [0.1, 0.15) is 5.56 Å². The maximum atomic E-state index is 12.1. The molecule has 1 N–H and O–H groups in total. The molecule has 1 aromatic heterocycles. The molecule has 2 aromatic rings. The summed E-state index contributed by atoms with van der Waals surface area (Å²) in [6.07, 6.45) is 1.86. The Morgan fingerprint density at radius 3 is 2.60 bits per heavy atom. The second kappa shape index (κ2) is 6.22. The lowest BCUT2D eigenvalue weighted by atomic mass is 10.3. The van der Waals surface area contributed by atoms with Crippen LogP contribution in [0.2, 0.25) is 10.0 Å². The van der Waals surface area contributed by atoms with Gasteiger partial charge in [-0.25, -0.2) is 4.79 Å². The number of hydrogen-bond donors (Lipinski definition) is 1. The smallest absolute Gasteiger partial charge is 0.306 e. The molecule has 1 heterocycles. The Morgan fingerprint density at radius 1 is 1.35 bits per heavy atom. The van der Waals surface area contributed by atoms with Gasteiger partial charge in [-0.3, -0.25) is 4.79 Å². The van der Waals surface area contributed by atoms with Crippen LogP contribution in [0.15, 0.2) is 27.2 Å². The van der Waals surface area contributed by atoms with E-state index in [-0.39, 0.29) is 5.56 Å². The second-order valence-electron chi connectivity index (χ2n) is 3.87. The number of nitrogens with one attached hydrogen (secondary N) is 1. The molecule has 0 fully saturated rings. The third kappa shape index (κ3) is 3.03. The van der Waals surface area contributed by atoms with Crippen molar-refractivity contribution in [2.75, 3.05) is 11.6 Å². The largest absolute Gasteiger partial charge is 0.342 e. The lowest BCUT2D eigenvalue weighted by Gasteiger charge is -2.05. The normalized spacial score (nSPS) is 10.6. The minimum absolute atomic E-state index is 0.308. The number of aromatic nitrogens is 1. The van der Waals surface area contributed by atoms with Crippen LogP contribution >= 0.6 is 46.5 Å². The molecule has 0 radical (unpaired) electrons. The van der Waals surface area contributed by atoms with Crippen molar-refractivity contribution < 1.29 is 4.79 Å². The van der Waals surface area contributed by atoms with Gasteiger partial charge in [-0.1, -0.05) is 23.2 Å². The Labute approximate surface area is 133 Å². The fourth-order valence-electron chi connectivity index (χ4n) is 1.50. The van der Waals surface area contributed by atoms with Crippen molar-refractivity contribution in [3.63, 3.8) is 0 Å². The molecule has 0 aliphatic rings. The van der Waals surface area contributed by atoms with E-state index in [1.54, 1.807) is 19.1 Å². The van der Waals surface area contributed by atoms with Gasteiger partial charge in [0, 0.05) is 11.3 Å². The Kier molecular flexibility index (Phi) is 4.80. The highest BCUT2D eigenvalue weighted by molar-refractivity contribution is 8.00. The van der Waals surface area contributed by atoms with E-state index < -0.39 is 6.03 Å². The highest BCUT2D eigenvalue weighted by Crippen LogP contribution is 2.26. The fraction of sp³-hybridized carbons (Fsp3) is 0.167. The predicted molar refractivity (Wildman–Crippen MR) is 86.0 cm³/mol. The number of hydrogen-bond acceptors (Lipinski definition) is 4. The first-order valence-corrected chi connectivity index (χ1v) is 8.22. The van der Waals surface area contributed by atoms with Crippen molar-refractivity contribution >= 4 is 58.2 Å². The molecular weight excluding hydrogens is 339 g/mol. The van der Waals surface area contributed by atoms with Crippen molar-refractivity contribution in [3.05, 3.63) is 44.2 Å². The van der Waals surface area contributed by atoms with Crippen molar-refractivity contribution in [1.82, 2.24) is 3.96 Å². The predicted octanol–water partition coefficient (Wildman–Crippen LogP) is 4.33. The van der Waals surface area contributed by atoms with Gasteiger partial charge in [-0.05, 0) is 42.9 Å². The number of benzene rings is 1. The quantitative estimate of drug-likeness (QED) is 0.821. The van der Waals surface area contributed by atoms with Crippen LogP contribution in [0.25, 0.3) is 0 Å². The number of amides is 1. The minimum Gasteiger partial charge on any atom is -0.306 e. The van der Waals surface area contributed by atoms with Gasteiger partial charge in [0.1, 0.15) is 0 Å². The Hall–Kier alpha value is -0.950. The van der Waals surface area contributed by atoms with Crippen LogP contribution in [0, 0.1) is 6.92 Å². The standard InChI is InChI=1S/C12H10Cl2N2O2S2/c1-6-10(17)16(20-11(6)19-2)12(18)15-7-3-4-8(13)9(14)5-7/h3-5H,1-2H3,(H,15,18). The molecule has 106 valence electrons. The van der Waals surface area contributed by atoms with Gasteiger partial charge in [0.15, 0.2) is 0 Å². The van der Waals surface area contributed by atoms with E-state index >= 15 is 0 Å². The molecule has 0 saturated carbocycles. The lowest BCUT2D eigenvalue weighted by Crippen LogP contribution is -2.27. The molecule has 20 heavy (non-hydrogen) atoms. The third-order valence-electron chi connectivity index (χ3n) is 2.53. The summed E-state index contributed by atoms with van der Waals surface area (Å²) in [5.41, 5.74) is 0.747. The van der Waals surface area contributed by atoms with Crippen LogP contribution in [0.5, 0.6) is 0 Å². The van der Waals surface area contributed by atoms with Crippen LogP contribution in [0.4, 0.5) is 10.5 Å². The molecule has 0 aliphatic carbocycles. The second-order valence-corrected chi connectivity index (χ2v) is 6.71. The number of carbonyl (C=O) groups is 1. The minimum atomic E-state index is -0.512. The van der Waals surface area contributed by atoms with Crippen molar-refractivity contribution in [2.24, 2.45) is 0 Å². The molecule has 0 aliphatic heterocycles. The van der Waals surface area contributed by atoms with Gasteiger partial charge in [-0.2, -0.15) is 3.96 Å². The first-order chi connectivity index (χ1) is 9.43. The number of halogens is 2. The SMILES string of the molecule is CSc1sn(C(=O)Nc2ccc(Cl)c(Cl)c2)c(=O)c1C. The monoisotopic (exact) mass is 348 g/mol. The molecule has 1 amide bonds. The zero-order valence-corrected chi connectivity index (χ0v) is 13.7. The number of carbonyl (C=O) groups excluding carboxylic acids is 1. The molecule has 0 bridgehead atoms. The molecular formula is C12H10Cl2N2O2S2. The van der Waals surface area contributed by atoms with Crippen LogP contribution in [-0.4, -0.2) is 16.2 Å². The Bertz CT molecular complexity index is 725. The van der Waals surface area contributed by atoms with Gasteiger partial charge in [0.25, 0.3) is 5.56 Å². The summed E-state index contributed by atoms with van der Waals surface area (Å²) >= 11 is 14.2. The molecule has 4 nitrogen and oxygen atoms in total. The number of rotatable bonds is 2. The summed E-state index contributed by atoms with van der Waals surface area (Å²) < 4.78 is 1.91. The fourth-order valence-corrected chi connectivity index (χ4v) is 3.46.